The third-order valence-electron chi connectivity index (χ3n) is 3.67. The van der Waals surface area contributed by atoms with Crippen molar-refractivity contribution in [2.75, 3.05) is 12.8 Å². The normalized spacial score (nSPS) is 13.2. The molecule has 1 aromatic carbocycles. The zero-order chi connectivity index (χ0) is 15.0. The van der Waals surface area contributed by atoms with E-state index in [2.05, 4.69) is 30.7 Å². The summed E-state index contributed by atoms with van der Waals surface area (Å²) in [6.45, 7) is 1.37. The van der Waals surface area contributed by atoms with Crippen molar-refractivity contribution in [1.82, 2.24) is 19.7 Å². The highest BCUT2D eigenvalue weighted by Gasteiger charge is 2.21. The number of fused-ring (bicyclic) bond motifs is 1. The van der Waals surface area contributed by atoms with Crippen LogP contribution in [0.3, 0.4) is 0 Å². The van der Waals surface area contributed by atoms with Crippen LogP contribution in [0.5, 0.6) is 0 Å². The van der Waals surface area contributed by atoms with Gasteiger partial charge in [0.25, 0.3) is 5.91 Å². The first-order valence-corrected chi connectivity index (χ1v) is 7.57. The number of rotatable bonds is 3. The van der Waals surface area contributed by atoms with Crippen molar-refractivity contribution in [3.05, 3.63) is 39.9 Å². The summed E-state index contributed by atoms with van der Waals surface area (Å²) in [7, 11) is 1.76. The Morgan fingerprint density at radius 1 is 1.48 bits per heavy atom. The zero-order valence-corrected chi connectivity index (χ0v) is 13.3. The van der Waals surface area contributed by atoms with Crippen molar-refractivity contribution in [3.8, 4) is 0 Å². The highest BCUT2D eigenvalue weighted by Crippen LogP contribution is 2.25. The summed E-state index contributed by atoms with van der Waals surface area (Å²) in [5, 5.41) is 8.34. The van der Waals surface area contributed by atoms with Gasteiger partial charge in [0.1, 0.15) is 5.82 Å². The third-order valence-corrected chi connectivity index (χ3v) is 4.56. The Morgan fingerprint density at radius 2 is 2.29 bits per heavy atom. The second kappa shape index (κ2) is 5.48. The van der Waals surface area contributed by atoms with Crippen LogP contribution >= 0.6 is 15.9 Å². The van der Waals surface area contributed by atoms with Crippen molar-refractivity contribution < 1.29 is 4.79 Å². The minimum Gasteiger partial charge on any atom is -0.398 e. The number of benzene rings is 1. The van der Waals surface area contributed by atoms with E-state index in [0.29, 0.717) is 22.3 Å². The lowest BCUT2D eigenvalue weighted by Gasteiger charge is -2.18. The minimum atomic E-state index is -0.0930. The molecule has 0 unspecified atom stereocenters. The first-order valence-electron chi connectivity index (χ1n) is 6.78. The fourth-order valence-electron chi connectivity index (χ4n) is 2.53. The first kappa shape index (κ1) is 14.1. The molecule has 0 saturated heterocycles. The smallest absolute Gasteiger partial charge is 0.255 e. The van der Waals surface area contributed by atoms with Crippen LogP contribution in [0.25, 0.3) is 0 Å². The van der Waals surface area contributed by atoms with Crippen LogP contribution in [0.2, 0.25) is 0 Å². The second-order valence-corrected chi connectivity index (χ2v) is 5.95. The van der Waals surface area contributed by atoms with Gasteiger partial charge in [-0.3, -0.25) is 4.79 Å². The van der Waals surface area contributed by atoms with Gasteiger partial charge in [0, 0.05) is 25.7 Å². The molecule has 1 aliphatic heterocycles. The third kappa shape index (κ3) is 2.53. The maximum absolute atomic E-state index is 12.5. The number of aryl methyl sites for hydroxylation is 1. The molecular formula is C14H16BrN5O. The van der Waals surface area contributed by atoms with Gasteiger partial charge in [0.15, 0.2) is 5.82 Å². The summed E-state index contributed by atoms with van der Waals surface area (Å²) in [6.07, 6.45) is 2.06. The molecule has 0 aliphatic carbocycles. The molecule has 0 bridgehead atoms. The number of hydrogen-bond donors (Lipinski definition) is 1. The quantitative estimate of drug-likeness (QED) is 0.857. The molecule has 3 rings (SSSR count). The van der Waals surface area contributed by atoms with E-state index in [4.69, 9.17) is 5.73 Å². The van der Waals surface area contributed by atoms with Crippen molar-refractivity contribution in [2.45, 2.75) is 25.9 Å². The van der Waals surface area contributed by atoms with Crippen molar-refractivity contribution >= 4 is 27.5 Å². The Kier molecular flexibility index (Phi) is 3.67. The average Bonchev–Trinajstić information content (AvgIpc) is 3.06. The van der Waals surface area contributed by atoms with E-state index in [9.17, 15) is 4.79 Å². The number of carbonyl (C=O) groups excluding carboxylic acids is 1. The zero-order valence-electron chi connectivity index (χ0n) is 11.7. The molecule has 2 heterocycles. The van der Waals surface area contributed by atoms with E-state index in [-0.39, 0.29) is 5.91 Å². The highest BCUT2D eigenvalue weighted by atomic mass is 79.9. The SMILES string of the molecule is CN(Cc1nnc2n1CCC2)C(=O)c1cccc(N)c1Br. The number of halogens is 1. The lowest BCUT2D eigenvalue weighted by molar-refractivity contribution is 0.0779. The second-order valence-electron chi connectivity index (χ2n) is 5.16. The molecule has 0 radical (unpaired) electrons. The molecule has 0 fully saturated rings. The molecule has 1 aliphatic rings. The first-order chi connectivity index (χ1) is 10.1. The maximum atomic E-state index is 12.5. The predicted octanol–water partition coefficient (Wildman–Crippen LogP) is 1.84. The molecule has 2 aromatic rings. The summed E-state index contributed by atoms with van der Waals surface area (Å²) in [5.41, 5.74) is 6.93. The van der Waals surface area contributed by atoms with E-state index >= 15 is 0 Å². The van der Waals surface area contributed by atoms with Crippen molar-refractivity contribution in [2.24, 2.45) is 0 Å². The number of nitrogens with two attached hydrogens (primary N) is 1. The van der Waals surface area contributed by atoms with Crippen LogP contribution in [-0.2, 0) is 19.5 Å². The van der Waals surface area contributed by atoms with Crippen LogP contribution in [0.15, 0.2) is 22.7 Å². The molecule has 0 saturated carbocycles. The molecule has 0 spiro atoms. The van der Waals surface area contributed by atoms with Crippen LogP contribution < -0.4 is 5.73 Å². The highest BCUT2D eigenvalue weighted by molar-refractivity contribution is 9.10. The van der Waals surface area contributed by atoms with Gasteiger partial charge in [-0.1, -0.05) is 6.07 Å². The molecule has 7 heteroatoms. The molecule has 21 heavy (non-hydrogen) atoms. The largest absolute Gasteiger partial charge is 0.398 e. The van der Waals surface area contributed by atoms with Crippen molar-refractivity contribution in [1.29, 1.82) is 0 Å². The van der Waals surface area contributed by atoms with E-state index in [1.165, 1.54) is 0 Å². The number of nitrogen functional groups attached to an aromatic ring is 1. The summed E-state index contributed by atoms with van der Waals surface area (Å²) in [5.74, 6) is 1.75. The van der Waals surface area contributed by atoms with Gasteiger partial charge in [-0.05, 0) is 34.5 Å². The standard InChI is InChI=1S/C14H16BrN5O/c1-19(8-12-18-17-11-6-3-7-20(11)12)14(21)9-4-2-5-10(16)13(9)15/h2,4-5H,3,6-8,16H2,1H3. The number of hydrogen-bond acceptors (Lipinski definition) is 4. The number of carbonyl (C=O) groups is 1. The minimum absolute atomic E-state index is 0.0930. The average molecular weight is 350 g/mol. The van der Waals surface area contributed by atoms with Gasteiger partial charge in [-0.2, -0.15) is 0 Å². The topological polar surface area (TPSA) is 77.0 Å². The van der Waals surface area contributed by atoms with Crippen LogP contribution in [0.4, 0.5) is 5.69 Å². The Balaban J connectivity index is 1.80. The van der Waals surface area contributed by atoms with Gasteiger partial charge in [0.2, 0.25) is 0 Å². The van der Waals surface area contributed by atoms with Gasteiger partial charge in [-0.25, -0.2) is 0 Å². The Bertz CT molecular complexity index is 697. The molecule has 6 nitrogen and oxygen atoms in total. The Morgan fingerprint density at radius 3 is 3.10 bits per heavy atom. The number of aromatic nitrogens is 3. The van der Waals surface area contributed by atoms with Crippen LogP contribution in [0.1, 0.15) is 28.4 Å². The van der Waals surface area contributed by atoms with Crippen molar-refractivity contribution in [3.63, 3.8) is 0 Å². The van der Waals surface area contributed by atoms with Gasteiger partial charge in [-0.15, -0.1) is 10.2 Å². The van der Waals surface area contributed by atoms with E-state index in [1.54, 1.807) is 30.1 Å². The summed E-state index contributed by atoms with van der Waals surface area (Å²) >= 11 is 3.37. The summed E-state index contributed by atoms with van der Waals surface area (Å²) in [4.78, 5) is 14.2. The monoisotopic (exact) mass is 349 g/mol. The lowest BCUT2D eigenvalue weighted by atomic mass is 10.2. The fourth-order valence-corrected chi connectivity index (χ4v) is 2.97. The van der Waals surface area contributed by atoms with Crippen LogP contribution in [0, 0.1) is 0 Å². The van der Waals surface area contributed by atoms with Gasteiger partial charge in [0.05, 0.1) is 16.6 Å². The Labute approximate surface area is 131 Å². The number of amides is 1. The number of nitrogens with zero attached hydrogens (tertiary/aromatic N) is 4. The number of anilines is 1. The van der Waals surface area contributed by atoms with E-state index in [1.807, 2.05) is 0 Å². The lowest BCUT2D eigenvalue weighted by Crippen LogP contribution is -2.28. The molecular weight excluding hydrogens is 334 g/mol. The molecule has 2 N–H and O–H groups in total. The summed E-state index contributed by atoms with van der Waals surface area (Å²) in [6, 6.07) is 5.29. The van der Waals surface area contributed by atoms with Gasteiger partial charge >= 0.3 is 0 Å². The fraction of sp³-hybridized carbons (Fsp3) is 0.357. The Hall–Kier alpha value is -1.89. The predicted molar refractivity (Wildman–Crippen MR) is 82.7 cm³/mol. The van der Waals surface area contributed by atoms with E-state index in [0.717, 1.165) is 31.0 Å². The van der Waals surface area contributed by atoms with E-state index < -0.39 is 0 Å². The van der Waals surface area contributed by atoms with Crippen LogP contribution in [-0.4, -0.2) is 32.6 Å². The molecule has 1 aromatic heterocycles. The molecule has 110 valence electrons. The molecule has 0 atom stereocenters. The molecule has 1 amide bonds. The van der Waals surface area contributed by atoms with Gasteiger partial charge < -0.3 is 15.2 Å². The summed E-state index contributed by atoms with van der Waals surface area (Å²) < 4.78 is 2.73. The maximum Gasteiger partial charge on any atom is 0.255 e.